The minimum Gasteiger partial charge on any atom is -0.496 e. The van der Waals surface area contributed by atoms with Crippen LogP contribution < -0.4 is 4.74 Å². The molecule has 1 fully saturated rings. The second-order valence-corrected chi connectivity index (χ2v) is 7.71. The van der Waals surface area contributed by atoms with Gasteiger partial charge in [0.1, 0.15) is 11.8 Å². The Morgan fingerprint density at radius 3 is 2.48 bits per heavy atom. The highest BCUT2D eigenvalue weighted by Crippen LogP contribution is 2.30. The van der Waals surface area contributed by atoms with E-state index >= 15 is 0 Å². The van der Waals surface area contributed by atoms with Gasteiger partial charge in [-0.15, -0.1) is 0 Å². The number of ether oxygens (including phenoxy) is 1. The van der Waals surface area contributed by atoms with Gasteiger partial charge in [0, 0.05) is 19.5 Å². The van der Waals surface area contributed by atoms with E-state index in [4.69, 9.17) is 4.74 Å². The normalized spacial score (nSPS) is 17.7. The number of carbonyl (C=O) groups is 2. The van der Waals surface area contributed by atoms with Crippen molar-refractivity contribution in [3.8, 4) is 5.75 Å². The number of hydrogen-bond donors (Lipinski definition) is 0. The Morgan fingerprint density at radius 2 is 1.96 bits per heavy atom. The molecular formula is C17H24N2O5S. The Kier molecular flexibility index (Phi) is 5.72. The molecule has 1 heterocycles. The third-order valence-electron chi connectivity index (χ3n) is 4.44. The molecule has 0 unspecified atom stereocenters. The van der Waals surface area contributed by atoms with Gasteiger partial charge in [-0.1, -0.05) is 0 Å². The molecule has 0 bridgehead atoms. The van der Waals surface area contributed by atoms with Crippen LogP contribution in [0.25, 0.3) is 0 Å². The molecular weight excluding hydrogens is 344 g/mol. The lowest BCUT2D eigenvalue weighted by Gasteiger charge is -2.28. The van der Waals surface area contributed by atoms with Crippen molar-refractivity contribution in [1.82, 2.24) is 9.21 Å². The molecule has 7 nitrogen and oxygen atoms in total. The lowest BCUT2D eigenvalue weighted by Crippen LogP contribution is -2.49. The van der Waals surface area contributed by atoms with E-state index in [1.165, 1.54) is 19.2 Å². The largest absolute Gasteiger partial charge is 0.496 e. The van der Waals surface area contributed by atoms with Gasteiger partial charge < -0.3 is 9.64 Å². The van der Waals surface area contributed by atoms with Gasteiger partial charge in [-0.3, -0.25) is 9.59 Å². The average Bonchev–Trinajstić information content (AvgIpc) is 2.98. The maximum absolute atomic E-state index is 13.0. The van der Waals surface area contributed by atoms with Crippen molar-refractivity contribution in [2.24, 2.45) is 0 Å². The molecule has 1 aromatic carbocycles. The van der Waals surface area contributed by atoms with Crippen LogP contribution in [0, 0.1) is 6.92 Å². The lowest BCUT2D eigenvalue weighted by molar-refractivity contribution is -0.137. The van der Waals surface area contributed by atoms with Crippen LogP contribution in [0.5, 0.6) is 5.75 Å². The summed E-state index contributed by atoms with van der Waals surface area (Å²) < 4.78 is 31.9. The molecule has 0 N–H and O–H groups in total. The molecule has 138 valence electrons. The fourth-order valence-corrected chi connectivity index (χ4v) is 4.74. The van der Waals surface area contributed by atoms with E-state index in [9.17, 15) is 18.0 Å². The van der Waals surface area contributed by atoms with E-state index < -0.39 is 22.0 Å². The van der Waals surface area contributed by atoms with Gasteiger partial charge in [-0.25, -0.2) is 12.7 Å². The van der Waals surface area contributed by atoms with E-state index in [1.54, 1.807) is 17.9 Å². The molecule has 0 radical (unpaired) electrons. The number of sulfonamides is 1. The molecule has 0 aromatic heterocycles. The zero-order valence-corrected chi connectivity index (χ0v) is 15.8. The molecule has 1 aromatic rings. The first-order valence-corrected chi connectivity index (χ1v) is 9.72. The highest BCUT2D eigenvalue weighted by Gasteiger charge is 2.45. The maximum atomic E-state index is 13.0. The van der Waals surface area contributed by atoms with Gasteiger partial charge in [0.2, 0.25) is 11.8 Å². The fourth-order valence-electron chi connectivity index (χ4n) is 3.06. The predicted octanol–water partition coefficient (Wildman–Crippen LogP) is 1.55. The van der Waals surface area contributed by atoms with E-state index in [0.717, 1.165) is 4.31 Å². The number of hydrogen-bond acceptors (Lipinski definition) is 5. The summed E-state index contributed by atoms with van der Waals surface area (Å²) >= 11 is 0. The van der Waals surface area contributed by atoms with Crippen LogP contribution in [0.4, 0.5) is 0 Å². The van der Waals surface area contributed by atoms with Crippen molar-refractivity contribution in [3.63, 3.8) is 0 Å². The minimum atomic E-state index is -4.10. The first-order chi connectivity index (χ1) is 11.8. The van der Waals surface area contributed by atoms with Crippen molar-refractivity contribution in [2.75, 3.05) is 20.2 Å². The van der Waals surface area contributed by atoms with Gasteiger partial charge in [-0.2, -0.15) is 0 Å². The molecule has 0 spiro atoms. The van der Waals surface area contributed by atoms with Crippen LogP contribution >= 0.6 is 0 Å². The molecule has 2 amide bonds. The molecule has 1 atom stereocenters. The van der Waals surface area contributed by atoms with Crippen LogP contribution in [0.2, 0.25) is 0 Å². The van der Waals surface area contributed by atoms with Crippen LogP contribution in [-0.2, 0) is 19.6 Å². The van der Waals surface area contributed by atoms with Crippen LogP contribution in [0.15, 0.2) is 23.1 Å². The van der Waals surface area contributed by atoms with Gasteiger partial charge in [0.15, 0.2) is 0 Å². The summed E-state index contributed by atoms with van der Waals surface area (Å²) in [5.74, 6) is -0.314. The first kappa shape index (κ1) is 19.2. The van der Waals surface area contributed by atoms with E-state index in [-0.39, 0.29) is 23.6 Å². The monoisotopic (exact) mass is 368 g/mol. The Bertz CT molecular complexity index is 771. The lowest BCUT2D eigenvalue weighted by atomic mass is 10.2. The number of rotatable bonds is 6. The number of nitrogens with zero attached hydrogens (tertiary/aromatic N) is 2. The van der Waals surface area contributed by atoms with Crippen LogP contribution in [0.1, 0.15) is 32.3 Å². The first-order valence-electron chi connectivity index (χ1n) is 8.28. The predicted molar refractivity (Wildman–Crippen MR) is 92.7 cm³/mol. The number of carbonyl (C=O) groups excluding carboxylic acids is 2. The molecule has 0 aliphatic carbocycles. The maximum Gasteiger partial charge on any atom is 0.267 e. The molecule has 1 aliphatic heterocycles. The van der Waals surface area contributed by atoms with Crippen molar-refractivity contribution in [3.05, 3.63) is 23.8 Å². The van der Waals surface area contributed by atoms with Crippen molar-refractivity contribution >= 4 is 21.8 Å². The van der Waals surface area contributed by atoms with Crippen molar-refractivity contribution < 1.29 is 22.7 Å². The summed E-state index contributed by atoms with van der Waals surface area (Å²) in [4.78, 5) is 26.5. The van der Waals surface area contributed by atoms with Gasteiger partial charge >= 0.3 is 0 Å². The number of benzene rings is 1. The van der Waals surface area contributed by atoms with E-state index in [2.05, 4.69) is 0 Å². The molecule has 0 saturated carbocycles. The summed E-state index contributed by atoms with van der Waals surface area (Å²) in [6, 6.07) is 3.42. The van der Waals surface area contributed by atoms with Gasteiger partial charge in [0.25, 0.3) is 10.0 Å². The minimum absolute atomic E-state index is 0.0154. The summed E-state index contributed by atoms with van der Waals surface area (Å²) in [6.45, 7) is 6.31. The third-order valence-corrected chi connectivity index (χ3v) is 6.27. The van der Waals surface area contributed by atoms with Crippen molar-refractivity contribution in [2.45, 2.75) is 44.6 Å². The standard InChI is InChI=1S/C17H24N2O5S/c1-5-18(6-2)17(21)14-8-10-16(20)19(14)25(22,23)13-7-9-15(24-4)12(3)11-13/h7,9,11,14H,5-6,8,10H2,1-4H3/t14-/m1/s1. The van der Waals surface area contributed by atoms with Gasteiger partial charge in [0.05, 0.1) is 12.0 Å². The molecule has 25 heavy (non-hydrogen) atoms. The van der Waals surface area contributed by atoms with Crippen molar-refractivity contribution in [1.29, 1.82) is 0 Å². The Hall–Kier alpha value is -2.09. The molecule has 1 saturated heterocycles. The second-order valence-electron chi connectivity index (χ2n) is 5.89. The average molecular weight is 368 g/mol. The SMILES string of the molecule is CCN(CC)C(=O)[C@H]1CCC(=O)N1S(=O)(=O)c1ccc(OC)c(C)c1. The fraction of sp³-hybridized carbons (Fsp3) is 0.529. The van der Waals surface area contributed by atoms with Gasteiger partial charge in [-0.05, 0) is 51.0 Å². The summed E-state index contributed by atoms with van der Waals surface area (Å²) in [7, 11) is -2.60. The van der Waals surface area contributed by atoms with E-state index in [0.29, 0.717) is 24.4 Å². The Morgan fingerprint density at radius 1 is 1.32 bits per heavy atom. The molecule has 8 heteroatoms. The Labute approximate surface area is 148 Å². The Balaban J connectivity index is 2.43. The van der Waals surface area contributed by atoms with Crippen LogP contribution in [-0.4, -0.2) is 55.7 Å². The number of likely N-dealkylation sites (N-methyl/N-ethyl adjacent to an activating group) is 1. The smallest absolute Gasteiger partial charge is 0.267 e. The molecule has 2 rings (SSSR count). The molecule has 1 aliphatic rings. The quantitative estimate of drug-likeness (QED) is 0.761. The van der Waals surface area contributed by atoms with E-state index in [1.807, 2.05) is 13.8 Å². The van der Waals surface area contributed by atoms with Crippen LogP contribution in [0.3, 0.4) is 0 Å². The summed E-state index contributed by atoms with van der Waals surface area (Å²) in [5.41, 5.74) is 0.641. The third kappa shape index (κ3) is 3.49. The zero-order valence-electron chi connectivity index (χ0n) is 15.0. The zero-order chi connectivity index (χ0) is 18.8. The highest BCUT2D eigenvalue weighted by atomic mass is 32.2. The number of aryl methyl sites for hydroxylation is 1. The highest BCUT2D eigenvalue weighted by molar-refractivity contribution is 7.89. The summed E-state index contributed by atoms with van der Waals surface area (Å²) in [6.07, 6.45) is 0.259. The topological polar surface area (TPSA) is 84.0 Å². The number of methoxy groups -OCH3 is 1. The second kappa shape index (κ2) is 7.43. The summed E-state index contributed by atoms with van der Waals surface area (Å²) in [5, 5.41) is 0. The number of amides is 2.